The topological polar surface area (TPSA) is 84.2 Å². The number of benzene rings is 1. The van der Waals surface area contributed by atoms with E-state index in [0.29, 0.717) is 31.7 Å². The lowest BCUT2D eigenvalue weighted by atomic mass is 10.2. The summed E-state index contributed by atoms with van der Waals surface area (Å²) in [6.07, 6.45) is 0. The van der Waals surface area contributed by atoms with Gasteiger partial charge in [0.25, 0.3) is 5.91 Å². The largest absolute Gasteiger partial charge is 0.412 e. The van der Waals surface area contributed by atoms with Gasteiger partial charge in [0.2, 0.25) is 5.91 Å². The van der Waals surface area contributed by atoms with Gasteiger partial charge in [0.1, 0.15) is 5.82 Å². The van der Waals surface area contributed by atoms with Crippen LogP contribution in [0.2, 0.25) is 0 Å². The van der Waals surface area contributed by atoms with Gasteiger partial charge in [0.15, 0.2) is 0 Å². The van der Waals surface area contributed by atoms with Gasteiger partial charge in [-0.05, 0) is 24.3 Å². The molecule has 0 unspecified atom stereocenters. The highest BCUT2D eigenvalue weighted by Crippen LogP contribution is 2.04. The van der Waals surface area contributed by atoms with Gasteiger partial charge in [-0.25, -0.2) is 9.40 Å². The Kier molecular flexibility index (Phi) is 5.60. The Morgan fingerprint density at radius 1 is 1.10 bits per heavy atom. The molecule has 0 aliphatic carbocycles. The van der Waals surface area contributed by atoms with E-state index in [0.717, 1.165) is 0 Å². The van der Waals surface area contributed by atoms with Gasteiger partial charge in [-0.1, -0.05) is 0 Å². The number of rotatable bonds is 2. The Labute approximate surface area is 116 Å². The second-order valence-corrected chi connectivity index (χ2v) is 4.44. The number of nitrogens with one attached hydrogen (secondary N) is 1. The molecule has 3 N–H and O–H groups in total. The van der Waals surface area contributed by atoms with E-state index in [9.17, 15) is 14.0 Å². The summed E-state index contributed by atoms with van der Waals surface area (Å²) in [6, 6.07) is 5.39. The molecule has 1 fully saturated rings. The first-order valence-electron chi connectivity index (χ1n) is 6.13. The van der Waals surface area contributed by atoms with Crippen molar-refractivity contribution >= 4 is 11.8 Å². The van der Waals surface area contributed by atoms with Crippen molar-refractivity contribution in [2.45, 2.75) is 6.92 Å². The molecule has 0 bridgehead atoms. The zero-order chi connectivity index (χ0) is 13.8. The van der Waals surface area contributed by atoms with Gasteiger partial charge < -0.3 is 10.4 Å². The Bertz CT molecular complexity index is 470. The van der Waals surface area contributed by atoms with Crippen molar-refractivity contribution in [3.63, 3.8) is 0 Å². The molecule has 20 heavy (non-hydrogen) atoms. The number of hydrogen-bond acceptors (Lipinski definition) is 3. The smallest absolute Gasteiger partial charge is 0.265 e. The Hall–Kier alpha value is -1.99. The second-order valence-electron chi connectivity index (χ2n) is 4.44. The van der Waals surface area contributed by atoms with Crippen molar-refractivity contribution in [1.29, 1.82) is 0 Å². The number of halogens is 1. The summed E-state index contributed by atoms with van der Waals surface area (Å²) in [6.45, 7) is 3.91. The minimum Gasteiger partial charge on any atom is -0.412 e. The van der Waals surface area contributed by atoms with Crippen molar-refractivity contribution in [3.05, 3.63) is 35.6 Å². The second kappa shape index (κ2) is 6.97. The van der Waals surface area contributed by atoms with Crippen LogP contribution in [0.3, 0.4) is 0 Å². The number of piperazine rings is 1. The zero-order valence-corrected chi connectivity index (χ0v) is 11.2. The van der Waals surface area contributed by atoms with Gasteiger partial charge in [-0.15, -0.1) is 0 Å². The molecular formula is C13H18FN3O3. The van der Waals surface area contributed by atoms with Gasteiger partial charge in [0.05, 0.1) is 0 Å². The minimum absolute atomic E-state index is 0. The molecule has 6 nitrogen and oxygen atoms in total. The molecule has 0 aromatic heterocycles. The molecule has 1 aliphatic heterocycles. The fraction of sp³-hybridized carbons (Fsp3) is 0.385. The highest BCUT2D eigenvalue weighted by atomic mass is 19.1. The molecule has 110 valence electrons. The van der Waals surface area contributed by atoms with E-state index < -0.39 is 0 Å². The number of amides is 2. The van der Waals surface area contributed by atoms with E-state index >= 15 is 0 Å². The molecular weight excluding hydrogens is 265 g/mol. The first kappa shape index (κ1) is 16.1. The van der Waals surface area contributed by atoms with Crippen molar-refractivity contribution in [2.75, 3.05) is 26.2 Å². The maximum atomic E-state index is 12.7. The summed E-state index contributed by atoms with van der Waals surface area (Å²) in [5, 5.41) is 1.77. The molecule has 1 saturated heterocycles. The van der Waals surface area contributed by atoms with Crippen molar-refractivity contribution in [2.24, 2.45) is 0 Å². The van der Waals surface area contributed by atoms with E-state index in [1.807, 2.05) is 0 Å². The molecule has 0 saturated carbocycles. The van der Waals surface area contributed by atoms with E-state index in [4.69, 9.17) is 0 Å². The van der Waals surface area contributed by atoms with Crippen LogP contribution in [0, 0.1) is 5.82 Å². The summed E-state index contributed by atoms with van der Waals surface area (Å²) >= 11 is 0. The third-order valence-corrected chi connectivity index (χ3v) is 3.09. The monoisotopic (exact) mass is 283 g/mol. The number of nitrogens with zero attached hydrogens (tertiary/aromatic N) is 2. The fourth-order valence-electron chi connectivity index (χ4n) is 1.94. The van der Waals surface area contributed by atoms with Crippen LogP contribution >= 0.6 is 0 Å². The van der Waals surface area contributed by atoms with Crippen molar-refractivity contribution in [3.8, 4) is 0 Å². The van der Waals surface area contributed by atoms with Crippen molar-refractivity contribution < 1.29 is 19.5 Å². The number of carbonyl (C=O) groups excluding carboxylic acids is 2. The van der Waals surface area contributed by atoms with Crippen LogP contribution in [0.4, 0.5) is 4.39 Å². The standard InChI is InChI=1S/C13H16FN3O2.H2O/c1-10(18)16-6-8-17(9-7-16)15-13(19)11-2-4-12(14)5-3-11;/h2-5H,6-9H2,1H3,(H,15,19);1H2. The predicted molar refractivity (Wildman–Crippen MR) is 71.3 cm³/mol. The average molecular weight is 283 g/mol. The fourth-order valence-corrected chi connectivity index (χ4v) is 1.94. The summed E-state index contributed by atoms with van der Waals surface area (Å²) < 4.78 is 12.7. The van der Waals surface area contributed by atoms with Gasteiger partial charge >= 0.3 is 0 Å². The molecule has 2 amide bonds. The van der Waals surface area contributed by atoms with Gasteiger partial charge in [0, 0.05) is 38.7 Å². The molecule has 0 atom stereocenters. The van der Waals surface area contributed by atoms with Gasteiger partial charge in [-0.2, -0.15) is 0 Å². The van der Waals surface area contributed by atoms with Crippen LogP contribution in [0.5, 0.6) is 0 Å². The molecule has 1 heterocycles. The van der Waals surface area contributed by atoms with Crippen molar-refractivity contribution in [1.82, 2.24) is 15.3 Å². The number of hydrogen-bond donors (Lipinski definition) is 1. The molecule has 7 heteroatoms. The predicted octanol–water partition coefficient (Wildman–Crippen LogP) is -0.190. The lowest BCUT2D eigenvalue weighted by Gasteiger charge is -2.34. The summed E-state index contributed by atoms with van der Waals surface area (Å²) in [5.41, 5.74) is 3.16. The summed E-state index contributed by atoms with van der Waals surface area (Å²) in [5.74, 6) is -0.590. The molecule has 0 radical (unpaired) electrons. The first-order valence-corrected chi connectivity index (χ1v) is 6.13. The molecule has 1 aromatic carbocycles. The maximum absolute atomic E-state index is 12.7. The van der Waals surface area contributed by atoms with Crippen LogP contribution in [-0.2, 0) is 4.79 Å². The number of carbonyl (C=O) groups is 2. The molecule has 2 rings (SSSR count). The quantitative estimate of drug-likeness (QED) is 0.816. The van der Waals surface area contributed by atoms with Crippen LogP contribution in [0.1, 0.15) is 17.3 Å². The van der Waals surface area contributed by atoms with Crippen LogP contribution in [0.25, 0.3) is 0 Å². The van der Waals surface area contributed by atoms with E-state index in [1.165, 1.54) is 31.2 Å². The summed E-state index contributed by atoms with van der Waals surface area (Å²) in [7, 11) is 0. The van der Waals surface area contributed by atoms with Gasteiger partial charge in [-0.3, -0.25) is 15.0 Å². The average Bonchev–Trinajstić information content (AvgIpc) is 2.40. The minimum atomic E-state index is -0.369. The number of hydrazine groups is 1. The van der Waals surface area contributed by atoms with E-state index in [-0.39, 0.29) is 23.1 Å². The Morgan fingerprint density at radius 2 is 1.65 bits per heavy atom. The third-order valence-electron chi connectivity index (χ3n) is 3.09. The molecule has 1 aliphatic rings. The molecule has 0 spiro atoms. The normalized spacial score (nSPS) is 15.4. The highest BCUT2D eigenvalue weighted by Gasteiger charge is 2.20. The zero-order valence-electron chi connectivity index (χ0n) is 11.2. The van der Waals surface area contributed by atoms with Crippen LogP contribution in [0.15, 0.2) is 24.3 Å². The summed E-state index contributed by atoms with van der Waals surface area (Å²) in [4.78, 5) is 24.8. The SMILES string of the molecule is CC(=O)N1CCN(NC(=O)c2ccc(F)cc2)CC1.O. The Morgan fingerprint density at radius 3 is 2.15 bits per heavy atom. The van der Waals surface area contributed by atoms with E-state index in [2.05, 4.69) is 5.43 Å². The lowest BCUT2D eigenvalue weighted by Crippen LogP contribution is -2.54. The van der Waals surface area contributed by atoms with Crippen LogP contribution < -0.4 is 5.43 Å². The van der Waals surface area contributed by atoms with E-state index in [1.54, 1.807) is 9.91 Å². The maximum Gasteiger partial charge on any atom is 0.265 e. The highest BCUT2D eigenvalue weighted by molar-refractivity contribution is 5.93. The first-order chi connectivity index (χ1) is 9.06. The third kappa shape index (κ3) is 4.01. The Balaban J connectivity index is 0.00000200. The van der Waals surface area contributed by atoms with Crippen LogP contribution in [-0.4, -0.2) is 53.4 Å². The molecule has 1 aromatic rings. The lowest BCUT2D eigenvalue weighted by molar-refractivity contribution is -0.130.